The summed E-state index contributed by atoms with van der Waals surface area (Å²) in [5.41, 5.74) is -0.410. The minimum Gasteiger partial charge on any atom is -0.477 e. The molecule has 1 N–H and O–H groups in total. The molecule has 0 spiro atoms. The Labute approximate surface area is 106 Å². The molecule has 1 amide bonds. The van der Waals surface area contributed by atoms with E-state index in [4.69, 9.17) is 10.4 Å². The minimum absolute atomic E-state index is 0.0224. The number of nitrogens with zero attached hydrogens (tertiary/aromatic N) is 3. The Morgan fingerprint density at radius 1 is 1.56 bits per heavy atom. The summed E-state index contributed by atoms with van der Waals surface area (Å²) in [5.74, 6) is -1.24. The van der Waals surface area contributed by atoms with Crippen LogP contribution in [0.25, 0.3) is 0 Å². The maximum atomic E-state index is 11.5. The predicted molar refractivity (Wildman–Crippen MR) is 64.6 cm³/mol. The fourth-order valence-corrected chi connectivity index (χ4v) is 1.66. The van der Waals surface area contributed by atoms with Gasteiger partial charge in [0.05, 0.1) is 11.5 Å². The molecule has 0 bridgehead atoms. The highest BCUT2D eigenvalue weighted by Gasteiger charge is 2.24. The van der Waals surface area contributed by atoms with E-state index in [0.717, 1.165) is 0 Å². The first-order valence-electron chi connectivity index (χ1n) is 5.88. The summed E-state index contributed by atoms with van der Waals surface area (Å²) in [6.07, 6.45) is 1.65. The van der Waals surface area contributed by atoms with Gasteiger partial charge in [-0.2, -0.15) is 10.4 Å². The number of carbonyl (C=O) groups is 2. The van der Waals surface area contributed by atoms with Crippen LogP contribution in [-0.2, 0) is 9.59 Å². The van der Waals surface area contributed by atoms with Gasteiger partial charge < -0.3 is 5.11 Å². The Morgan fingerprint density at radius 3 is 2.78 bits per heavy atom. The van der Waals surface area contributed by atoms with Crippen LogP contribution in [0.2, 0.25) is 0 Å². The van der Waals surface area contributed by atoms with Crippen molar-refractivity contribution >= 4 is 17.6 Å². The van der Waals surface area contributed by atoms with Crippen molar-refractivity contribution < 1.29 is 14.7 Å². The summed E-state index contributed by atoms with van der Waals surface area (Å²) in [4.78, 5) is 22.3. The van der Waals surface area contributed by atoms with Crippen LogP contribution in [0.15, 0.2) is 5.10 Å². The molecular weight excluding hydrogens is 234 g/mol. The number of hydrogen-bond acceptors (Lipinski definition) is 4. The van der Waals surface area contributed by atoms with Crippen molar-refractivity contribution in [3.05, 3.63) is 0 Å². The third kappa shape index (κ3) is 3.84. The van der Waals surface area contributed by atoms with Gasteiger partial charge in [0.1, 0.15) is 5.71 Å². The highest BCUT2D eigenvalue weighted by atomic mass is 16.4. The Morgan fingerprint density at radius 2 is 2.22 bits per heavy atom. The maximum Gasteiger partial charge on any atom is 0.352 e. The Bertz CT molecular complexity index is 421. The van der Waals surface area contributed by atoms with Gasteiger partial charge >= 0.3 is 5.97 Å². The zero-order valence-corrected chi connectivity index (χ0v) is 10.6. The number of amides is 1. The fraction of sp³-hybridized carbons (Fsp3) is 0.667. The number of aliphatic carboxylic acids is 1. The molecule has 0 atom stereocenters. The van der Waals surface area contributed by atoms with E-state index in [1.807, 2.05) is 13.8 Å². The van der Waals surface area contributed by atoms with E-state index in [1.54, 1.807) is 0 Å². The Hall–Kier alpha value is -1.90. The maximum absolute atomic E-state index is 11.5. The van der Waals surface area contributed by atoms with Crippen molar-refractivity contribution in [3.8, 4) is 6.07 Å². The number of nitriles is 1. The molecule has 0 radical (unpaired) electrons. The molecule has 1 aliphatic heterocycles. The van der Waals surface area contributed by atoms with E-state index in [2.05, 4.69) is 11.2 Å². The van der Waals surface area contributed by atoms with Crippen LogP contribution in [0.3, 0.4) is 0 Å². The standard InChI is InChI=1S/C12H17N3O3/c1-12(2,8-13)6-3-7-15-10(16)5-4-9(14-15)11(17)18/h3-7H2,1-2H3,(H,17,18). The lowest BCUT2D eigenvalue weighted by Gasteiger charge is -2.23. The van der Waals surface area contributed by atoms with E-state index in [9.17, 15) is 9.59 Å². The summed E-state index contributed by atoms with van der Waals surface area (Å²) in [7, 11) is 0. The first-order valence-corrected chi connectivity index (χ1v) is 5.88. The summed E-state index contributed by atoms with van der Waals surface area (Å²) < 4.78 is 0. The molecule has 0 aromatic rings. The number of hydrazone groups is 1. The molecule has 0 unspecified atom stereocenters. The Kier molecular flexibility index (Phi) is 4.43. The second-order valence-electron chi connectivity index (χ2n) is 4.97. The summed E-state index contributed by atoms with van der Waals surface area (Å²) in [6, 6.07) is 2.18. The normalized spacial score (nSPS) is 16.2. The number of rotatable bonds is 5. The first kappa shape index (κ1) is 14.2. The molecular formula is C12H17N3O3. The van der Waals surface area contributed by atoms with Crippen molar-refractivity contribution in [3.63, 3.8) is 0 Å². The highest BCUT2D eigenvalue weighted by molar-refractivity contribution is 6.36. The van der Waals surface area contributed by atoms with Crippen molar-refractivity contribution in [2.45, 2.75) is 39.5 Å². The second-order valence-corrected chi connectivity index (χ2v) is 4.97. The molecule has 0 aromatic carbocycles. The Balaban J connectivity index is 2.55. The van der Waals surface area contributed by atoms with Gasteiger partial charge in [0.2, 0.25) is 5.91 Å². The van der Waals surface area contributed by atoms with Crippen LogP contribution in [0, 0.1) is 16.7 Å². The average Bonchev–Trinajstić information content (AvgIpc) is 2.31. The van der Waals surface area contributed by atoms with Crippen LogP contribution < -0.4 is 0 Å². The van der Waals surface area contributed by atoms with Gasteiger partial charge in [-0.1, -0.05) is 0 Å². The van der Waals surface area contributed by atoms with E-state index >= 15 is 0 Å². The molecule has 0 aliphatic carbocycles. The summed E-state index contributed by atoms with van der Waals surface area (Å²) >= 11 is 0. The molecule has 1 aliphatic rings. The number of carboxylic acids is 1. The number of carboxylic acid groups (broad SMARTS) is 1. The lowest BCUT2D eigenvalue weighted by atomic mass is 9.90. The fourth-order valence-electron chi connectivity index (χ4n) is 1.66. The number of carbonyl (C=O) groups excluding carboxylic acids is 1. The van der Waals surface area contributed by atoms with Crippen molar-refractivity contribution in [1.29, 1.82) is 5.26 Å². The molecule has 0 fully saturated rings. The molecule has 18 heavy (non-hydrogen) atoms. The van der Waals surface area contributed by atoms with Gasteiger partial charge in [-0.15, -0.1) is 0 Å². The van der Waals surface area contributed by atoms with Crippen LogP contribution >= 0.6 is 0 Å². The summed E-state index contributed by atoms with van der Waals surface area (Å²) in [6.45, 7) is 4.02. The van der Waals surface area contributed by atoms with Crippen molar-refractivity contribution in [1.82, 2.24) is 5.01 Å². The second kappa shape index (κ2) is 5.63. The highest BCUT2D eigenvalue weighted by Crippen LogP contribution is 2.21. The van der Waals surface area contributed by atoms with Crippen molar-refractivity contribution in [2.75, 3.05) is 6.54 Å². The topological polar surface area (TPSA) is 93.8 Å². The predicted octanol–water partition coefficient (Wildman–Crippen LogP) is 1.38. The van der Waals surface area contributed by atoms with E-state index in [0.29, 0.717) is 19.4 Å². The molecule has 98 valence electrons. The van der Waals surface area contributed by atoms with E-state index in [-0.39, 0.29) is 24.5 Å². The minimum atomic E-state index is -1.08. The first-order chi connectivity index (χ1) is 8.35. The number of hydrogen-bond donors (Lipinski definition) is 1. The van der Waals surface area contributed by atoms with E-state index < -0.39 is 11.4 Å². The third-order valence-corrected chi connectivity index (χ3v) is 2.83. The lowest BCUT2D eigenvalue weighted by molar-refractivity contribution is -0.133. The smallest absolute Gasteiger partial charge is 0.352 e. The quantitative estimate of drug-likeness (QED) is 0.798. The molecule has 0 saturated carbocycles. The zero-order valence-electron chi connectivity index (χ0n) is 10.6. The van der Waals surface area contributed by atoms with Gasteiger partial charge in [-0.05, 0) is 26.7 Å². The largest absolute Gasteiger partial charge is 0.477 e. The molecule has 0 saturated heterocycles. The molecule has 0 aromatic heterocycles. The lowest BCUT2D eigenvalue weighted by Crippen LogP contribution is -2.35. The van der Waals surface area contributed by atoms with Crippen LogP contribution in [0.5, 0.6) is 0 Å². The monoisotopic (exact) mass is 251 g/mol. The van der Waals surface area contributed by atoms with Crippen LogP contribution in [-0.4, -0.2) is 34.2 Å². The zero-order chi connectivity index (χ0) is 13.8. The van der Waals surface area contributed by atoms with Gasteiger partial charge in [-0.3, -0.25) is 4.79 Å². The van der Waals surface area contributed by atoms with Gasteiger partial charge in [-0.25, -0.2) is 9.80 Å². The van der Waals surface area contributed by atoms with Crippen LogP contribution in [0.4, 0.5) is 0 Å². The van der Waals surface area contributed by atoms with Gasteiger partial charge in [0.25, 0.3) is 0 Å². The third-order valence-electron chi connectivity index (χ3n) is 2.83. The SMILES string of the molecule is CC(C)(C#N)CCCN1N=C(C(=O)O)CCC1=O. The molecule has 6 heteroatoms. The average molecular weight is 251 g/mol. The van der Waals surface area contributed by atoms with Gasteiger partial charge in [0, 0.05) is 19.4 Å². The molecule has 6 nitrogen and oxygen atoms in total. The molecule has 1 heterocycles. The molecule has 1 rings (SSSR count). The van der Waals surface area contributed by atoms with Crippen molar-refractivity contribution in [2.24, 2.45) is 10.5 Å². The van der Waals surface area contributed by atoms with Crippen LogP contribution in [0.1, 0.15) is 39.5 Å². The van der Waals surface area contributed by atoms with Gasteiger partial charge in [0.15, 0.2) is 0 Å². The summed E-state index contributed by atoms with van der Waals surface area (Å²) in [5, 5.41) is 22.7. The van der Waals surface area contributed by atoms with E-state index in [1.165, 1.54) is 5.01 Å².